The fourth-order valence-corrected chi connectivity index (χ4v) is 4.10. The van der Waals surface area contributed by atoms with Crippen molar-refractivity contribution >= 4 is 17.7 Å². The first-order chi connectivity index (χ1) is 13.5. The topological polar surface area (TPSA) is 90.4 Å². The van der Waals surface area contributed by atoms with Crippen LogP contribution >= 0.6 is 0 Å². The number of β-amino-alcohol motifs (C(OH)–C–C–N with tert-alkyl or cyclic N) is 1. The van der Waals surface area contributed by atoms with Gasteiger partial charge in [0.25, 0.3) is 17.7 Å². The number of imide groups is 1. The van der Waals surface area contributed by atoms with Crippen LogP contribution in [-0.2, 0) is 9.53 Å². The van der Waals surface area contributed by atoms with E-state index in [-0.39, 0.29) is 30.4 Å². The van der Waals surface area contributed by atoms with Gasteiger partial charge in [0.15, 0.2) is 0 Å². The molecular weight excluding hydrogens is 362 g/mol. The standard InChI is InChI=1S/C20H25N3O5/c24-14(13-23-18(25)15-4-1-2-5-16(15)19(23)26)12-21-7-9-22(10-8-21)20(27)17-6-3-11-28-17/h1-2,4-5,14,17,24H,3,6-13H2/t14-,17+/m0/s1. The van der Waals surface area contributed by atoms with Crippen molar-refractivity contribution in [3.05, 3.63) is 35.4 Å². The van der Waals surface area contributed by atoms with E-state index < -0.39 is 6.10 Å². The van der Waals surface area contributed by atoms with Crippen molar-refractivity contribution in [1.29, 1.82) is 0 Å². The third-order valence-corrected chi connectivity index (χ3v) is 5.63. The van der Waals surface area contributed by atoms with Crippen molar-refractivity contribution in [2.45, 2.75) is 25.0 Å². The van der Waals surface area contributed by atoms with Gasteiger partial charge in [-0.2, -0.15) is 0 Å². The normalized spacial score (nSPS) is 24.0. The third kappa shape index (κ3) is 3.67. The molecule has 0 aromatic heterocycles. The molecule has 3 heterocycles. The number of aliphatic hydroxyl groups excluding tert-OH is 1. The molecule has 1 aromatic rings. The average molecular weight is 387 g/mol. The van der Waals surface area contributed by atoms with Crippen LogP contribution in [0.2, 0.25) is 0 Å². The zero-order valence-corrected chi connectivity index (χ0v) is 15.7. The van der Waals surface area contributed by atoms with Gasteiger partial charge in [-0.15, -0.1) is 0 Å². The Morgan fingerprint density at radius 3 is 2.29 bits per heavy atom. The zero-order valence-electron chi connectivity index (χ0n) is 15.7. The van der Waals surface area contributed by atoms with E-state index in [1.165, 1.54) is 0 Å². The second kappa shape index (κ2) is 7.98. The van der Waals surface area contributed by atoms with Crippen LogP contribution in [0.1, 0.15) is 33.6 Å². The lowest BCUT2D eigenvalue weighted by Gasteiger charge is -2.36. The molecule has 0 unspecified atom stereocenters. The lowest BCUT2D eigenvalue weighted by molar-refractivity contribution is -0.142. The number of benzene rings is 1. The number of nitrogens with zero attached hydrogens (tertiary/aromatic N) is 3. The van der Waals surface area contributed by atoms with Gasteiger partial charge in [0.2, 0.25) is 0 Å². The first-order valence-electron chi connectivity index (χ1n) is 9.80. The molecule has 1 N–H and O–H groups in total. The van der Waals surface area contributed by atoms with Crippen molar-refractivity contribution in [2.75, 3.05) is 45.9 Å². The zero-order chi connectivity index (χ0) is 19.7. The second-order valence-corrected chi connectivity index (χ2v) is 7.55. The number of hydrogen-bond acceptors (Lipinski definition) is 6. The number of hydrogen-bond donors (Lipinski definition) is 1. The SMILES string of the molecule is O=C([C@H]1CCCO1)N1CCN(C[C@H](O)CN2C(=O)c3ccccc3C2=O)CC1. The third-order valence-electron chi connectivity index (χ3n) is 5.63. The van der Waals surface area contributed by atoms with E-state index in [2.05, 4.69) is 4.90 Å². The molecule has 2 atom stereocenters. The number of aliphatic hydroxyl groups is 1. The van der Waals surface area contributed by atoms with Crippen LogP contribution < -0.4 is 0 Å². The number of piperazine rings is 1. The first-order valence-corrected chi connectivity index (χ1v) is 9.80. The number of rotatable bonds is 5. The maximum Gasteiger partial charge on any atom is 0.261 e. The Hall–Kier alpha value is -2.29. The highest BCUT2D eigenvalue weighted by Gasteiger charge is 2.36. The summed E-state index contributed by atoms with van der Waals surface area (Å²) in [4.78, 5) is 42.2. The van der Waals surface area contributed by atoms with Crippen molar-refractivity contribution in [1.82, 2.24) is 14.7 Å². The number of ether oxygens (including phenoxy) is 1. The maximum absolute atomic E-state index is 12.4. The van der Waals surface area contributed by atoms with Gasteiger partial charge in [0, 0.05) is 39.3 Å². The molecule has 0 saturated carbocycles. The Kier molecular flexibility index (Phi) is 5.43. The summed E-state index contributed by atoms with van der Waals surface area (Å²) in [5.41, 5.74) is 0.780. The van der Waals surface area contributed by atoms with E-state index in [0.717, 1.165) is 17.7 Å². The molecule has 4 rings (SSSR count). The molecule has 8 heteroatoms. The van der Waals surface area contributed by atoms with Crippen LogP contribution in [0.4, 0.5) is 0 Å². The fourth-order valence-electron chi connectivity index (χ4n) is 4.10. The van der Waals surface area contributed by atoms with Gasteiger partial charge < -0.3 is 14.7 Å². The van der Waals surface area contributed by atoms with Gasteiger partial charge in [0.05, 0.1) is 23.8 Å². The number of fused-ring (bicyclic) bond motifs is 1. The van der Waals surface area contributed by atoms with E-state index in [4.69, 9.17) is 4.74 Å². The monoisotopic (exact) mass is 387 g/mol. The van der Waals surface area contributed by atoms with Gasteiger partial charge in [0.1, 0.15) is 6.10 Å². The Bertz CT molecular complexity index is 734. The van der Waals surface area contributed by atoms with Crippen molar-refractivity contribution in [2.24, 2.45) is 0 Å². The summed E-state index contributed by atoms with van der Waals surface area (Å²) in [6.45, 7) is 3.48. The largest absolute Gasteiger partial charge is 0.390 e. The smallest absolute Gasteiger partial charge is 0.261 e. The molecule has 150 valence electrons. The minimum atomic E-state index is -0.831. The molecule has 2 saturated heterocycles. The van der Waals surface area contributed by atoms with Gasteiger partial charge in [-0.25, -0.2) is 0 Å². The molecular formula is C20H25N3O5. The lowest BCUT2D eigenvalue weighted by Crippen LogP contribution is -2.53. The maximum atomic E-state index is 12.4. The molecule has 0 aliphatic carbocycles. The molecule has 2 fully saturated rings. The highest BCUT2D eigenvalue weighted by molar-refractivity contribution is 6.21. The van der Waals surface area contributed by atoms with E-state index in [1.807, 2.05) is 4.90 Å². The van der Waals surface area contributed by atoms with E-state index in [1.54, 1.807) is 24.3 Å². The lowest BCUT2D eigenvalue weighted by atomic mass is 10.1. The molecule has 3 aliphatic rings. The van der Waals surface area contributed by atoms with Crippen LogP contribution in [0.3, 0.4) is 0 Å². The Labute approximate surface area is 163 Å². The Morgan fingerprint density at radius 1 is 1.07 bits per heavy atom. The average Bonchev–Trinajstić information content (AvgIpc) is 3.32. The second-order valence-electron chi connectivity index (χ2n) is 7.55. The molecule has 1 aromatic carbocycles. The predicted octanol–water partition coefficient (Wildman–Crippen LogP) is -0.0333. The van der Waals surface area contributed by atoms with E-state index >= 15 is 0 Å². The van der Waals surface area contributed by atoms with Crippen molar-refractivity contribution in [3.8, 4) is 0 Å². The Morgan fingerprint density at radius 2 is 1.71 bits per heavy atom. The van der Waals surface area contributed by atoms with Gasteiger partial charge in [-0.1, -0.05) is 12.1 Å². The summed E-state index contributed by atoms with van der Waals surface area (Å²) >= 11 is 0. The van der Waals surface area contributed by atoms with Crippen molar-refractivity contribution < 1.29 is 24.2 Å². The summed E-state index contributed by atoms with van der Waals surface area (Å²) in [5, 5.41) is 10.4. The van der Waals surface area contributed by atoms with Gasteiger partial charge in [-0.05, 0) is 25.0 Å². The van der Waals surface area contributed by atoms with Crippen LogP contribution in [0.25, 0.3) is 0 Å². The highest BCUT2D eigenvalue weighted by Crippen LogP contribution is 2.22. The van der Waals surface area contributed by atoms with Crippen LogP contribution in [0.5, 0.6) is 0 Å². The predicted molar refractivity (Wildman–Crippen MR) is 99.8 cm³/mol. The molecule has 28 heavy (non-hydrogen) atoms. The first kappa shape index (κ1) is 19.0. The summed E-state index contributed by atoms with van der Waals surface area (Å²) in [7, 11) is 0. The molecule has 3 aliphatic heterocycles. The molecule has 0 spiro atoms. The number of carbonyl (C=O) groups is 3. The molecule has 3 amide bonds. The number of carbonyl (C=O) groups excluding carboxylic acids is 3. The summed E-state index contributed by atoms with van der Waals surface area (Å²) in [5.74, 6) is -0.651. The quantitative estimate of drug-likeness (QED) is 0.714. The van der Waals surface area contributed by atoms with Crippen molar-refractivity contribution in [3.63, 3.8) is 0 Å². The van der Waals surface area contributed by atoms with Gasteiger partial charge in [-0.3, -0.25) is 24.2 Å². The van der Waals surface area contributed by atoms with Gasteiger partial charge >= 0.3 is 0 Å². The molecule has 0 radical (unpaired) electrons. The number of amides is 3. The summed E-state index contributed by atoms with van der Waals surface area (Å²) in [6, 6.07) is 6.71. The molecule has 8 nitrogen and oxygen atoms in total. The van der Waals surface area contributed by atoms with Crippen LogP contribution in [0.15, 0.2) is 24.3 Å². The highest BCUT2D eigenvalue weighted by atomic mass is 16.5. The molecule has 0 bridgehead atoms. The van der Waals surface area contributed by atoms with E-state index in [0.29, 0.717) is 50.5 Å². The minimum Gasteiger partial charge on any atom is -0.390 e. The summed E-state index contributed by atoms with van der Waals surface area (Å²) < 4.78 is 5.47. The van der Waals surface area contributed by atoms with Crippen LogP contribution in [0, 0.1) is 0 Å². The van der Waals surface area contributed by atoms with E-state index in [9.17, 15) is 19.5 Å². The van der Waals surface area contributed by atoms with Crippen LogP contribution in [-0.4, -0.2) is 95.6 Å². The Balaban J connectivity index is 1.26. The fraction of sp³-hybridized carbons (Fsp3) is 0.550. The minimum absolute atomic E-state index is 0.0264. The summed E-state index contributed by atoms with van der Waals surface area (Å²) in [6.07, 6.45) is 0.590.